The van der Waals surface area contributed by atoms with Crippen LogP contribution in [0.4, 0.5) is 0 Å². The van der Waals surface area contributed by atoms with Crippen molar-refractivity contribution in [2.75, 3.05) is 0 Å². The number of benzene rings is 8. The first-order chi connectivity index (χ1) is 32.7. The molecule has 3 heterocycles. The minimum Gasteiger partial charge on any atom is -0.305 e. The van der Waals surface area contributed by atoms with E-state index < -0.39 is 0 Å². The van der Waals surface area contributed by atoms with E-state index in [1.807, 2.05) is 55.0 Å². The van der Waals surface area contributed by atoms with Crippen LogP contribution in [0.25, 0.3) is 88.7 Å². The Morgan fingerprint density at radius 2 is 0.836 bits per heavy atom. The summed E-state index contributed by atoms with van der Waals surface area (Å²) in [5, 5.41) is 5.03. The van der Waals surface area contributed by atoms with Gasteiger partial charge < -0.3 is 15.0 Å². The van der Waals surface area contributed by atoms with Gasteiger partial charge in [-0.1, -0.05) is 145 Å². The second-order valence-electron chi connectivity index (χ2n) is 16.9. The van der Waals surface area contributed by atoms with Crippen molar-refractivity contribution in [3.63, 3.8) is 0 Å². The monoisotopic (exact) mass is 1040 g/mol. The summed E-state index contributed by atoms with van der Waals surface area (Å²) < 4.78 is 0. The van der Waals surface area contributed by atoms with E-state index in [0.717, 1.165) is 70.6 Å². The van der Waals surface area contributed by atoms with Gasteiger partial charge >= 0.3 is 20.1 Å². The number of pyridine rings is 3. The van der Waals surface area contributed by atoms with Crippen LogP contribution in [0.1, 0.15) is 22.3 Å². The Morgan fingerprint density at radius 3 is 1.46 bits per heavy atom. The molecule has 3 nitrogen and oxygen atoms in total. The van der Waals surface area contributed by atoms with Gasteiger partial charge in [-0.25, -0.2) is 0 Å². The largest absolute Gasteiger partial charge is 3.00 e. The minimum absolute atomic E-state index is 0. The van der Waals surface area contributed by atoms with Gasteiger partial charge in [0.25, 0.3) is 0 Å². The molecule has 67 heavy (non-hydrogen) atoms. The van der Waals surface area contributed by atoms with E-state index in [-0.39, 0.29) is 20.1 Å². The van der Waals surface area contributed by atoms with Crippen LogP contribution in [-0.4, -0.2) is 15.0 Å². The molecule has 0 saturated heterocycles. The summed E-state index contributed by atoms with van der Waals surface area (Å²) >= 11 is 0. The number of hydrogen-bond donors (Lipinski definition) is 0. The molecule has 11 aromatic rings. The molecule has 0 N–H and O–H groups in total. The van der Waals surface area contributed by atoms with Crippen molar-refractivity contribution in [3.8, 4) is 67.2 Å². The van der Waals surface area contributed by atoms with Crippen molar-refractivity contribution in [1.82, 2.24) is 15.0 Å². The Hall–Kier alpha value is -7.62. The van der Waals surface area contributed by atoms with Gasteiger partial charge in [0.15, 0.2) is 0 Å². The fraction of sp³-hybridized carbons (Fsp3) is 0.0635. The maximum absolute atomic E-state index is 4.80. The zero-order valence-electron chi connectivity index (χ0n) is 36.8. The third kappa shape index (κ3) is 9.69. The molecule has 0 saturated carbocycles. The van der Waals surface area contributed by atoms with Gasteiger partial charge in [0.05, 0.1) is 0 Å². The van der Waals surface area contributed by atoms with E-state index in [1.165, 1.54) is 66.1 Å². The van der Waals surface area contributed by atoms with Crippen LogP contribution in [0.3, 0.4) is 0 Å². The van der Waals surface area contributed by atoms with Gasteiger partial charge in [-0.3, -0.25) is 0 Å². The van der Waals surface area contributed by atoms with Gasteiger partial charge in [-0.15, -0.1) is 101 Å². The Bertz CT molecular complexity index is 3340. The Labute approximate surface area is 406 Å². The van der Waals surface area contributed by atoms with Gasteiger partial charge in [-0.2, -0.15) is 0 Å². The zero-order chi connectivity index (χ0) is 44.1. The average molecular weight is 1040 g/mol. The first-order valence-corrected chi connectivity index (χ1v) is 22.6. The van der Waals surface area contributed by atoms with Gasteiger partial charge in [0.1, 0.15) is 0 Å². The number of nitrogens with zero attached hydrogens (tertiary/aromatic N) is 3. The predicted molar refractivity (Wildman–Crippen MR) is 272 cm³/mol. The van der Waals surface area contributed by atoms with E-state index in [4.69, 9.17) is 4.98 Å². The molecule has 0 fully saturated rings. The molecule has 0 unspecified atom stereocenters. The van der Waals surface area contributed by atoms with E-state index in [0.29, 0.717) is 0 Å². The van der Waals surface area contributed by atoms with Crippen LogP contribution in [0.5, 0.6) is 0 Å². The number of aryl methyl sites for hydroxylation is 4. The van der Waals surface area contributed by atoms with Crippen molar-refractivity contribution < 1.29 is 20.1 Å². The molecule has 11 rings (SSSR count). The maximum Gasteiger partial charge on any atom is 3.00 e. The van der Waals surface area contributed by atoms with E-state index >= 15 is 0 Å². The first-order valence-electron chi connectivity index (χ1n) is 22.6. The molecular weight excluding hydrogens is 991 g/mol. The molecule has 0 radical (unpaired) electrons. The number of aromatic nitrogens is 3. The fourth-order valence-corrected chi connectivity index (χ4v) is 9.06. The van der Waals surface area contributed by atoms with Crippen LogP contribution < -0.4 is 0 Å². The first kappa shape index (κ1) is 43.3. The number of hydrogen-bond acceptors (Lipinski definition) is 3. The summed E-state index contributed by atoms with van der Waals surface area (Å²) in [6.45, 7) is 0. The molecule has 3 aromatic heterocycles. The van der Waals surface area contributed by atoms with Gasteiger partial charge in [0.2, 0.25) is 0 Å². The zero-order valence-corrected chi connectivity index (χ0v) is 39.2. The quantitative estimate of drug-likeness (QED) is 0.0904. The molecule has 0 aliphatic heterocycles. The van der Waals surface area contributed by atoms with Crippen LogP contribution in [0.15, 0.2) is 219 Å². The molecule has 4 heteroatoms. The van der Waals surface area contributed by atoms with Crippen molar-refractivity contribution in [2.24, 2.45) is 0 Å². The molecule has 0 aliphatic rings. The van der Waals surface area contributed by atoms with Crippen molar-refractivity contribution in [3.05, 3.63) is 259 Å². The molecule has 320 valence electrons. The van der Waals surface area contributed by atoms with Crippen molar-refractivity contribution in [2.45, 2.75) is 25.7 Å². The predicted octanol–water partition coefficient (Wildman–Crippen LogP) is 15.1. The molecule has 8 aromatic carbocycles. The number of fused-ring (bicyclic) bond motifs is 3. The fourth-order valence-electron chi connectivity index (χ4n) is 9.06. The summed E-state index contributed by atoms with van der Waals surface area (Å²) in [5.41, 5.74) is 17.9. The van der Waals surface area contributed by atoms with E-state index in [2.05, 4.69) is 192 Å². The van der Waals surface area contributed by atoms with Crippen LogP contribution in [0.2, 0.25) is 0 Å². The topological polar surface area (TPSA) is 38.7 Å². The summed E-state index contributed by atoms with van der Waals surface area (Å²) in [4.78, 5) is 13.8. The second-order valence-corrected chi connectivity index (χ2v) is 16.9. The standard InChI is InChI=1S/C63H44N3.Ir/c1-2-10-57-48(9-1)29-32-55-42-53(33-34-60(55)57)54-35-38-66-63(43-54)52-30-27-49(28-31-52)58-11-3-4-12-59(58)56-40-46(17-15-44-19-23-50(24-20-44)61-13-5-7-36-64-61)39-47(41-56)18-16-45-21-25-51(26-22-45)62-14-6-8-37-65-62;/h1-14,19-23,25,27-30,32-43H,15-18H2;/q-3;+3. The average Bonchev–Trinajstić information content (AvgIpc) is 3.40. The normalized spacial score (nSPS) is 11.1. The summed E-state index contributed by atoms with van der Waals surface area (Å²) in [5.74, 6) is 0. The molecule has 0 atom stereocenters. The molecular formula is C63H44IrN3. The summed E-state index contributed by atoms with van der Waals surface area (Å²) in [7, 11) is 0. The minimum atomic E-state index is 0. The third-order valence-corrected chi connectivity index (χ3v) is 12.6. The number of rotatable bonds is 12. The van der Waals surface area contributed by atoms with E-state index in [1.54, 1.807) is 0 Å². The smallest absolute Gasteiger partial charge is 0.305 e. The van der Waals surface area contributed by atoms with Gasteiger partial charge in [-0.05, 0) is 109 Å². The van der Waals surface area contributed by atoms with Crippen LogP contribution in [-0.2, 0) is 45.8 Å². The SMILES string of the molecule is [Ir+3].[c-]1cc(CCc2cc(CCc3c[c-]c(-c4ccccn4)cc3)cc(-c3ccccc3-c3c[c-]c(-c4cc(-c5ccc6c(ccc7ccccc76)c5)ccn4)cc3)c2)ccc1-c1ccccn1. The molecule has 0 amide bonds. The summed E-state index contributed by atoms with van der Waals surface area (Å²) in [6, 6.07) is 81.9. The molecule has 0 spiro atoms. The second kappa shape index (κ2) is 19.9. The summed E-state index contributed by atoms with van der Waals surface area (Å²) in [6.07, 6.45) is 9.22. The van der Waals surface area contributed by atoms with Crippen LogP contribution >= 0.6 is 0 Å². The van der Waals surface area contributed by atoms with Crippen molar-refractivity contribution >= 4 is 21.5 Å². The van der Waals surface area contributed by atoms with Gasteiger partial charge in [0, 0.05) is 18.6 Å². The Balaban J connectivity index is 0.00000525. The Morgan fingerprint density at radius 1 is 0.313 bits per heavy atom. The Kier molecular flexibility index (Phi) is 12.8. The maximum atomic E-state index is 4.80. The van der Waals surface area contributed by atoms with E-state index in [9.17, 15) is 0 Å². The molecule has 0 bridgehead atoms. The molecule has 0 aliphatic carbocycles. The van der Waals surface area contributed by atoms with Crippen LogP contribution in [0, 0.1) is 18.2 Å². The third-order valence-electron chi connectivity index (χ3n) is 12.6. The van der Waals surface area contributed by atoms with Crippen molar-refractivity contribution in [1.29, 1.82) is 0 Å².